The zero-order valence-electron chi connectivity index (χ0n) is 6.84. The second-order valence-electron chi connectivity index (χ2n) is 2.43. The molecule has 0 heterocycles. The van der Waals surface area contributed by atoms with Crippen LogP contribution in [0.1, 0.15) is 11.6 Å². The zero-order chi connectivity index (χ0) is 9.14. The van der Waals surface area contributed by atoms with Crippen LogP contribution in [0.5, 0.6) is 0 Å². The summed E-state index contributed by atoms with van der Waals surface area (Å²) in [7, 11) is 0. The molecule has 0 fully saturated rings. The summed E-state index contributed by atoms with van der Waals surface area (Å²) in [6.45, 7) is 3.56. The van der Waals surface area contributed by atoms with Crippen LogP contribution in [-0.2, 0) is 0 Å². The number of hydrogen-bond acceptors (Lipinski definition) is 1. The molecule has 1 rings (SSSR count). The Morgan fingerprint density at radius 2 is 2.15 bits per heavy atom. The molecule has 72 valence electrons. The highest BCUT2D eigenvalue weighted by atomic mass is 79.9. The van der Waals surface area contributed by atoms with Gasteiger partial charge in [-0.2, -0.15) is 0 Å². The Labute approximate surface area is 91.4 Å². The topological polar surface area (TPSA) is 26.0 Å². The molecule has 0 spiro atoms. The van der Waals surface area contributed by atoms with Crippen LogP contribution in [-0.4, -0.2) is 0 Å². The van der Waals surface area contributed by atoms with Gasteiger partial charge in [-0.25, -0.2) is 4.39 Å². The van der Waals surface area contributed by atoms with Crippen molar-refractivity contribution in [2.45, 2.75) is 6.04 Å². The molecule has 0 aliphatic rings. The van der Waals surface area contributed by atoms with Crippen molar-refractivity contribution in [1.29, 1.82) is 0 Å². The number of hydrogen-bond donors (Lipinski definition) is 1. The fourth-order valence-electron chi connectivity index (χ4n) is 0.899. The van der Waals surface area contributed by atoms with E-state index >= 15 is 0 Å². The van der Waals surface area contributed by atoms with Gasteiger partial charge in [0.25, 0.3) is 0 Å². The summed E-state index contributed by atoms with van der Waals surface area (Å²) in [6, 6.07) is 4.16. The Morgan fingerprint density at radius 3 is 2.62 bits per heavy atom. The summed E-state index contributed by atoms with van der Waals surface area (Å²) in [5, 5.41) is 0. The lowest BCUT2D eigenvalue weighted by molar-refractivity contribution is 0.625. The maximum atomic E-state index is 12.6. The van der Waals surface area contributed by atoms with Crippen molar-refractivity contribution in [2.75, 3.05) is 0 Å². The maximum absolute atomic E-state index is 12.6. The van der Waals surface area contributed by atoms with Gasteiger partial charge in [-0.3, -0.25) is 0 Å². The van der Waals surface area contributed by atoms with Gasteiger partial charge >= 0.3 is 0 Å². The molecule has 0 saturated carbocycles. The van der Waals surface area contributed by atoms with Crippen LogP contribution in [0.3, 0.4) is 0 Å². The molecular formula is C9H10BrClFN. The minimum Gasteiger partial charge on any atom is -0.321 e. The van der Waals surface area contributed by atoms with Crippen molar-refractivity contribution < 1.29 is 4.39 Å². The lowest BCUT2D eigenvalue weighted by Crippen LogP contribution is -2.07. The van der Waals surface area contributed by atoms with E-state index in [0.29, 0.717) is 4.47 Å². The number of benzene rings is 1. The van der Waals surface area contributed by atoms with Crippen LogP contribution >= 0.6 is 28.3 Å². The molecule has 1 aromatic rings. The molecule has 0 aromatic heterocycles. The number of nitrogens with two attached hydrogens (primary N) is 1. The molecule has 2 N–H and O–H groups in total. The first-order valence-corrected chi connectivity index (χ1v) is 4.27. The Morgan fingerprint density at radius 1 is 1.54 bits per heavy atom. The fourth-order valence-corrected chi connectivity index (χ4v) is 1.51. The highest BCUT2D eigenvalue weighted by molar-refractivity contribution is 9.10. The number of halogens is 3. The van der Waals surface area contributed by atoms with Gasteiger partial charge in [0.15, 0.2) is 0 Å². The van der Waals surface area contributed by atoms with E-state index in [1.807, 2.05) is 0 Å². The van der Waals surface area contributed by atoms with Crippen LogP contribution in [0.2, 0.25) is 0 Å². The summed E-state index contributed by atoms with van der Waals surface area (Å²) in [5.74, 6) is -0.276. The largest absolute Gasteiger partial charge is 0.321 e. The summed E-state index contributed by atoms with van der Waals surface area (Å²) in [5.41, 5.74) is 6.51. The first-order valence-electron chi connectivity index (χ1n) is 3.48. The van der Waals surface area contributed by atoms with Crippen LogP contribution in [0.25, 0.3) is 0 Å². The summed E-state index contributed by atoms with van der Waals surface area (Å²) in [6.07, 6.45) is 1.61. The van der Waals surface area contributed by atoms with Crippen molar-refractivity contribution in [2.24, 2.45) is 5.73 Å². The van der Waals surface area contributed by atoms with E-state index in [1.54, 1.807) is 12.1 Å². The van der Waals surface area contributed by atoms with E-state index in [1.165, 1.54) is 12.1 Å². The highest BCUT2D eigenvalue weighted by Gasteiger charge is 2.06. The third-order valence-electron chi connectivity index (χ3n) is 1.58. The van der Waals surface area contributed by atoms with E-state index in [4.69, 9.17) is 5.73 Å². The van der Waals surface area contributed by atoms with E-state index in [2.05, 4.69) is 22.5 Å². The van der Waals surface area contributed by atoms with Gasteiger partial charge in [0, 0.05) is 10.5 Å². The summed E-state index contributed by atoms with van der Waals surface area (Å²) in [4.78, 5) is 0. The van der Waals surface area contributed by atoms with E-state index in [9.17, 15) is 4.39 Å². The quantitative estimate of drug-likeness (QED) is 0.818. The molecule has 4 heteroatoms. The molecule has 0 unspecified atom stereocenters. The molecule has 1 nitrogen and oxygen atoms in total. The molecule has 0 amide bonds. The second-order valence-corrected chi connectivity index (χ2v) is 3.28. The Hall–Kier alpha value is -0.380. The van der Waals surface area contributed by atoms with E-state index in [-0.39, 0.29) is 24.3 Å². The fraction of sp³-hybridized carbons (Fsp3) is 0.111. The van der Waals surface area contributed by atoms with Crippen LogP contribution < -0.4 is 5.73 Å². The normalized spacial score (nSPS) is 11.6. The van der Waals surface area contributed by atoms with Crippen molar-refractivity contribution in [3.63, 3.8) is 0 Å². The van der Waals surface area contributed by atoms with Gasteiger partial charge in [-0.15, -0.1) is 19.0 Å². The molecular weight excluding hydrogens is 256 g/mol. The average Bonchev–Trinajstić information content (AvgIpc) is 2.03. The molecule has 1 atom stereocenters. The van der Waals surface area contributed by atoms with Gasteiger partial charge in [0.1, 0.15) is 5.82 Å². The Kier molecular flexibility index (Phi) is 5.21. The molecule has 1 aromatic carbocycles. The maximum Gasteiger partial charge on any atom is 0.124 e. The van der Waals surface area contributed by atoms with Crippen LogP contribution in [0.15, 0.2) is 35.3 Å². The van der Waals surface area contributed by atoms with Crippen molar-refractivity contribution >= 4 is 28.3 Å². The predicted molar refractivity (Wildman–Crippen MR) is 58.5 cm³/mol. The van der Waals surface area contributed by atoms with Gasteiger partial charge in [-0.05, 0) is 17.7 Å². The van der Waals surface area contributed by atoms with Crippen LogP contribution in [0, 0.1) is 5.82 Å². The monoisotopic (exact) mass is 265 g/mol. The standard InChI is InChI=1S/C9H9BrFN.ClH/c1-2-9(12)7-4-3-6(11)5-8(7)10;/h2-5,9H,1,12H2;1H/t9-;/m1./s1. The second kappa shape index (κ2) is 5.37. The molecule has 0 radical (unpaired) electrons. The highest BCUT2D eigenvalue weighted by Crippen LogP contribution is 2.23. The Bertz CT molecular complexity index is 304. The van der Waals surface area contributed by atoms with Crippen molar-refractivity contribution in [3.05, 3.63) is 46.7 Å². The van der Waals surface area contributed by atoms with E-state index < -0.39 is 0 Å². The summed E-state index contributed by atoms with van der Waals surface area (Å²) >= 11 is 3.22. The number of rotatable bonds is 2. The third-order valence-corrected chi connectivity index (χ3v) is 2.26. The SMILES string of the molecule is C=C[C@@H](N)c1ccc(F)cc1Br.Cl. The Balaban J connectivity index is 0.00000144. The first-order chi connectivity index (χ1) is 5.65. The van der Waals surface area contributed by atoms with Gasteiger partial charge in [-0.1, -0.05) is 28.1 Å². The average molecular weight is 267 g/mol. The molecule has 0 aliphatic heterocycles. The van der Waals surface area contributed by atoms with E-state index in [0.717, 1.165) is 5.56 Å². The minimum atomic E-state index is -0.276. The first kappa shape index (κ1) is 12.6. The van der Waals surface area contributed by atoms with Gasteiger partial charge < -0.3 is 5.73 Å². The molecule has 0 bridgehead atoms. The van der Waals surface area contributed by atoms with Gasteiger partial charge in [0.2, 0.25) is 0 Å². The lowest BCUT2D eigenvalue weighted by Gasteiger charge is -2.08. The lowest BCUT2D eigenvalue weighted by atomic mass is 10.1. The van der Waals surface area contributed by atoms with Gasteiger partial charge in [0.05, 0.1) is 0 Å². The molecule has 13 heavy (non-hydrogen) atoms. The smallest absolute Gasteiger partial charge is 0.124 e. The third kappa shape index (κ3) is 3.10. The van der Waals surface area contributed by atoms with Crippen molar-refractivity contribution in [3.8, 4) is 0 Å². The minimum absolute atomic E-state index is 0. The zero-order valence-corrected chi connectivity index (χ0v) is 9.24. The van der Waals surface area contributed by atoms with Crippen molar-refractivity contribution in [1.82, 2.24) is 0 Å². The summed E-state index contributed by atoms with van der Waals surface area (Å²) < 4.78 is 13.3. The predicted octanol–water partition coefficient (Wildman–Crippen LogP) is 3.20. The molecule has 0 saturated heterocycles. The van der Waals surface area contributed by atoms with Crippen LogP contribution in [0.4, 0.5) is 4.39 Å². The molecule has 0 aliphatic carbocycles.